The van der Waals surface area contributed by atoms with Crippen molar-refractivity contribution in [1.82, 2.24) is 14.8 Å². The first-order valence-electron chi connectivity index (χ1n) is 13.5. The summed E-state index contributed by atoms with van der Waals surface area (Å²) in [7, 11) is 0. The average molecular weight is 490 g/mol. The molecule has 0 spiro atoms. The number of likely N-dealkylation sites (tertiary alicyclic amines) is 1. The molecule has 7 nitrogen and oxygen atoms in total. The lowest BCUT2D eigenvalue weighted by atomic mass is 9.92. The fourth-order valence-corrected chi connectivity index (χ4v) is 5.35. The van der Waals surface area contributed by atoms with E-state index in [4.69, 9.17) is 10.5 Å². The van der Waals surface area contributed by atoms with E-state index in [-0.39, 0.29) is 12.1 Å². The number of nitrogens with one attached hydrogen (secondary N) is 2. The number of nitrogens with zero attached hydrogens (tertiary/aromatic N) is 2. The Bertz CT molecular complexity index is 1190. The zero-order chi connectivity index (χ0) is 25.1. The van der Waals surface area contributed by atoms with E-state index in [9.17, 15) is 4.79 Å². The van der Waals surface area contributed by atoms with Crippen molar-refractivity contribution >= 4 is 28.3 Å². The van der Waals surface area contributed by atoms with E-state index in [0.29, 0.717) is 6.04 Å². The highest BCUT2D eigenvalue weighted by atomic mass is 16.5. The normalized spacial score (nSPS) is 16.4. The van der Waals surface area contributed by atoms with Crippen molar-refractivity contribution in [2.75, 3.05) is 37.3 Å². The molecule has 0 unspecified atom stereocenters. The molecule has 2 aromatic carbocycles. The second-order valence-electron chi connectivity index (χ2n) is 10.5. The molecule has 36 heavy (non-hydrogen) atoms. The fourth-order valence-electron chi connectivity index (χ4n) is 5.35. The van der Waals surface area contributed by atoms with E-state index in [1.807, 2.05) is 44.2 Å². The van der Waals surface area contributed by atoms with E-state index in [2.05, 4.69) is 32.2 Å². The molecule has 2 heterocycles. The molecule has 0 radical (unpaired) electrons. The summed E-state index contributed by atoms with van der Waals surface area (Å²) in [6.45, 7) is 8.18. The molecule has 192 valence electrons. The molecule has 1 aliphatic carbocycles. The Morgan fingerprint density at radius 2 is 1.83 bits per heavy atom. The lowest BCUT2D eigenvalue weighted by Gasteiger charge is -2.30. The number of hydrogen-bond acceptors (Lipinski definition) is 4. The SMILES string of the molecule is CC(C)NC(=O)Nc1ccc(-c2c(N)c3ccc(OCCCN4CCCC4)cc3n2C2CCC2)cc1. The topological polar surface area (TPSA) is 84.6 Å². The van der Waals surface area contributed by atoms with Gasteiger partial charge in [0.05, 0.1) is 23.5 Å². The molecule has 1 aliphatic heterocycles. The number of hydrogen-bond donors (Lipinski definition) is 3. The van der Waals surface area contributed by atoms with Gasteiger partial charge in [0.25, 0.3) is 0 Å². The zero-order valence-corrected chi connectivity index (χ0v) is 21.6. The van der Waals surface area contributed by atoms with Gasteiger partial charge in [0.1, 0.15) is 5.75 Å². The first-order valence-corrected chi connectivity index (χ1v) is 13.5. The van der Waals surface area contributed by atoms with Crippen LogP contribution in [0.25, 0.3) is 22.2 Å². The van der Waals surface area contributed by atoms with Crippen LogP contribution in [-0.2, 0) is 0 Å². The molecule has 2 aliphatic rings. The van der Waals surface area contributed by atoms with Crippen molar-refractivity contribution in [2.45, 2.75) is 64.5 Å². The summed E-state index contributed by atoms with van der Waals surface area (Å²) in [6, 6.07) is 14.6. The van der Waals surface area contributed by atoms with Crippen molar-refractivity contribution in [3.8, 4) is 17.0 Å². The number of nitrogens with two attached hydrogens (primary N) is 1. The van der Waals surface area contributed by atoms with Gasteiger partial charge >= 0.3 is 6.03 Å². The Morgan fingerprint density at radius 3 is 2.50 bits per heavy atom. The number of rotatable bonds is 9. The molecule has 1 saturated heterocycles. The highest BCUT2D eigenvalue weighted by Gasteiger charge is 2.27. The largest absolute Gasteiger partial charge is 0.493 e. The summed E-state index contributed by atoms with van der Waals surface area (Å²) in [6.07, 6.45) is 7.26. The highest BCUT2D eigenvalue weighted by Crippen LogP contribution is 2.44. The lowest BCUT2D eigenvalue weighted by molar-refractivity contribution is 0.250. The second kappa shape index (κ2) is 10.8. The van der Waals surface area contributed by atoms with Gasteiger partial charge in [-0.1, -0.05) is 12.1 Å². The van der Waals surface area contributed by atoms with Crippen LogP contribution in [0.15, 0.2) is 42.5 Å². The Balaban J connectivity index is 1.37. The minimum atomic E-state index is -0.200. The van der Waals surface area contributed by atoms with Gasteiger partial charge in [-0.2, -0.15) is 0 Å². The molecular weight excluding hydrogens is 450 g/mol. The summed E-state index contributed by atoms with van der Waals surface area (Å²) < 4.78 is 8.58. The fraction of sp³-hybridized carbons (Fsp3) is 0.483. The predicted molar refractivity (Wildman–Crippen MR) is 148 cm³/mol. The quantitative estimate of drug-likeness (QED) is 0.321. The van der Waals surface area contributed by atoms with Crippen LogP contribution in [-0.4, -0.2) is 47.8 Å². The van der Waals surface area contributed by atoms with Gasteiger partial charge in [-0.3, -0.25) is 0 Å². The third-order valence-corrected chi connectivity index (χ3v) is 7.38. The van der Waals surface area contributed by atoms with Crippen molar-refractivity contribution in [3.05, 3.63) is 42.5 Å². The van der Waals surface area contributed by atoms with Crippen LogP contribution in [0.3, 0.4) is 0 Å². The van der Waals surface area contributed by atoms with E-state index < -0.39 is 0 Å². The average Bonchev–Trinajstić information content (AvgIpc) is 3.43. The van der Waals surface area contributed by atoms with Gasteiger partial charge in [-0.25, -0.2) is 4.79 Å². The summed E-state index contributed by atoms with van der Waals surface area (Å²) in [4.78, 5) is 14.6. The number of anilines is 2. The van der Waals surface area contributed by atoms with Crippen LogP contribution in [0.1, 0.15) is 58.4 Å². The Labute approximate surface area is 214 Å². The van der Waals surface area contributed by atoms with Crippen LogP contribution in [0, 0.1) is 0 Å². The molecule has 3 aromatic rings. The van der Waals surface area contributed by atoms with Gasteiger partial charge in [0, 0.05) is 41.3 Å². The third kappa shape index (κ3) is 5.31. The van der Waals surface area contributed by atoms with Crippen molar-refractivity contribution in [1.29, 1.82) is 0 Å². The van der Waals surface area contributed by atoms with Crippen LogP contribution in [0.2, 0.25) is 0 Å². The molecule has 0 bridgehead atoms. The summed E-state index contributed by atoms with van der Waals surface area (Å²) in [5.41, 5.74) is 11.6. The number of nitrogen functional groups attached to an aromatic ring is 1. The number of benzene rings is 2. The molecule has 2 amide bonds. The molecule has 1 saturated carbocycles. The van der Waals surface area contributed by atoms with Crippen LogP contribution in [0.5, 0.6) is 5.75 Å². The summed E-state index contributed by atoms with van der Waals surface area (Å²) in [5.74, 6) is 0.907. The molecule has 2 fully saturated rings. The molecule has 0 atom stereocenters. The lowest BCUT2D eigenvalue weighted by Crippen LogP contribution is -2.34. The van der Waals surface area contributed by atoms with Gasteiger partial charge in [-0.15, -0.1) is 0 Å². The van der Waals surface area contributed by atoms with Crippen molar-refractivity contribution in [3.63, 3.8) is 0 Å². The number of amides is 2. The second-order valence-corrected chi connectivity index (χ2v) is 10.5. The Morgan fingerprint density at radius 1 is 1.08 bits per heavy atom. The molecule has 4 N–H and O–H groups in total. The van der Waals surface area contributed by atoms with Crippen LogP contribution >= 0.6 is 0 Å². The maximum atomic E-state index is 12.1. The van der Waals surface area contributed by atoms with Crippen LogP contribution < -0.4 is 21.1 Å². The molecule has 5 rings (SSSR count). The number of fused-ring (bicyclic) bond motifs is 1. The van der Waals surface area contributed by atoms with E-state index in [1.54, 1.807) is 0 Å². The standard InChI is InChI=1S/C29H39N5O2/c1-20(2)31-29(35)32-22-11-9-21(10-12-22)28-27(30)25-14-13-24(19-26(25)34(28)23-7-5-8-23)36-18-6-17-33-15-3-4-16-33/h9-14,19-20,23H,3-8,15-18,30H2,1-2H3,(H2,31,32,35). The summed E-state index contributed by atoms with van der Waals surface area (Å²) in [5, 5.41) is 6.82. The smallest absolute Gasteiger partial charge is 0.319 e. The first kappa shape index (κ1) is 24.5. The number of urea groups is 1. The zero-order valence-electron chi connectivity index (χ0n) is 21.6. The van der Waals surface area contributed by atoms with Gasteiger partial charge in [0.2, 0.25) is 0 Å². The van der Waals surface area contributed by atoms with E-state index >= 15 is 0 Å². The minimum Gasteiger partial charge on any atom is -0.493 e. The minimum absolute atomic E-state index is 0.0844. The number of ether oxygens (including phenoxy) is 1. The number of carbonyl (C=O) groups is 1. The van der Waals surface area contributed by atoms with E-state index in [0.717, 1.165) is 71.7 Å². The molecule has 1 aromatic heterocycles. The molecular formula is C29H39N5O2. The third-order valence-electron chi connectivity index (χ3n) is 7.38. The Hall–Kier alpha value is -3.19. The predicted octanol–water partition coefficient (Wildman–Crippen LogP) is 6.01. The Kier molecular flexibility index (Phi) is 7.37. The monoisotopic (exact) mass is 489 g/mol. The maximum Gasteiger partial charge on any atom is 0.319 e. The molecule has 7 heteroatoms. The number of carbonyl (C=O) groups excluding carboxylic acids is 1. The number of aromatic nitrogens is 1. The maximum absolute atomic E-state index is 12.1. The van der Waals surface area contributed by atoms with Gasteiger partial charge in [0.15, 0.2) is 0 Å². The van der Waals surface area contributed by atoms with Gasteiger partial charge < -0.3 is 30.6 Å². The highest BCUT2D eigenvalue weighted by molar-refractivity contribution is 6.02. The first-order chi connectivity index (χ1) is 17.5. The van der Waals surface area contributed by atoms with Crippen LogP contribution in [0.4, 0.5) is 16.2 Å². The van der Waals surface area contributed by atoms with Crippen molar-refractivity contribution in [2.24, 2.45) is 0 Å². The van der Waals surface area contributed by atoms with Crippen molar-refractivity contribution < 1.29 is 9.53 Å². The van der Waals surface area contributed by atoms with E-state index in [1.165, 1.54) is 32.4 Å². The van der Waals surface area contributed by atoms with Gasteiger partial charge in [-0.05, 0) is 89.7 Å². The summed E-state index contributed by atoms with van der Waals surface area (Å²) >= 11 is 0.